The molecule has 0 aromatic heterocycles. The first-order valence-corrected chi connectivity index (χ1v) is 4.14. The lowest BCUT2D eigenvalue weighted by Gasteiger charge is -2.08. The first kappa shape index (κ1) is 11.4. The van der Waals surface area contributed by atoms with Crippen LogP contribution in [-0.2, 0) is 0 Å². The smallest absolute Gasteiger partial charge is 0.300 e. The number of hydrogen-bond acceptors (Lipinski definition) is 3. The molecule has 0 spiro atoms. The molecule has 0 heterocycles. The fraction of sp³-hybridized carbons (Fsp3) is 0.300. The molecule has 0 bridgehead atoms. The number of hydrogen-bond donors (Lipinski definition) is 0. The van der Waals surface area contributed by atoms with Crippen LogP contribution in [0.5, 0.6) is 11.5 Å². The summed E-state index contributed by atoms with van der Waals surface area (Å²) in [4.78, 5) is 11.1. The second kappa shape index (κ2) is 4.72. The third-order valence-corrected chi connectivity index (χ3v) is 1.87. The number of ketones is 1. The number of benzene rings is 1. The summed E-state index contributed by atoms with van der Waals surface area (Å²) in [5, 5.41) is 0. The second-order valence-electron chi connectivity index (χ2n) is 2.73. The van der Waals surface area contributed by atoms with Crippen LogP contribution in [0.3, 0.4) is 0 Å². The molecular formula is C10H10F2O3. The van der Waals surface area contributed by atoms with Crippen LogP contribution >= 0.6 is 0 Å². The van der Waals surface area contributed by atoms with Gasteiger partial charge < -0.3 is 9.47 Å². The van der Waals surface area contributed by atoms with Crippen molar-refractivity contribution in [3.8, 4) is 11.5 Å². The molecule has 15 heavy (non-hydrogen) atoms. The highest BCUT2D eigenvalue weighted by atomic mass is 19.3. The summed E-state index contributed by atoms with van der Waals surface area (Å²) in [6.45, 7) is 0. The van der Waals surface area contributed by atoms with E-state index in [1.54, 1.807) is 0 Å². The second-order valence-corrected chi connectivity index (χ2v) is 2.73. The van der Waals surface area contributed by atoms with E-state index in [4.69, 9.17) is 9.47 Å². The number of alkyl halides is 2. The van der Waals surface area contributed by atoms with Crippen molar-refractivity contribution in [1.82, 2.24) is 0 Å². The molecule has 1 aromatic rings. The Morgan fingerprint density at radius 2 is 1.93 bits per heavy atom. The highest BCUT2D eigenvalue weighted by Gasteiger charge is 2.22. The number of rotatable bonds is 4. The minimum atomic E-state index is -3.05. The Hall–Kier alpha value is -1.65. The van der Waals surface area contributed by atoms with Crippen LogP contribution in [0.4, 0.5) is 8.78 Å². The lowest BCUT2D eigenvalue weighted by molar-refractivity contribution is 0.0675. The quantitative estimate of drug-likeness (QED) is 0.723. The largest absolute Gasteiger partial charge is 0.497 e. The topological polar surface area (TPSA) is 35.5 Å². The molecule has 0 saturated carbocycles. The maximum absolute atomic E-state index is 12.2. The van der Waals surface area contributed by atoms with Crippen LogP contribution in [-0.4, -0.2) is 26.4 Å². The van der Waals surface area contributed by atoms with Crippen molar-refractivity contribution in [2.45, 2.75) is 6.43 Å². The minimum Gasteiger partial charge on any atom is -0.497 e. The average molecular weight is 216 g/mol. The molecular weight excluding hydrogens is 206 g/mol. The van der Waals surface area contributed by atoms with Crippen molar-refractivity contribution in [3.05, 3.63) is 23.8 Å². The molecule has 0 N–H and O–H groups in total. The third kappa shape index (κ3) is 2.43. The van der Waals surface area contributed by atoms with E-state index in [1.807, 2.05) is 0 Å². The van der Waals surface area contributed by atoms with Crippen molar-refractivity contribution in [1.29, 1.82) is 0 Å². The average Bonchev–Trinajstić information content (AvgIpc) is 2.27. The molecule has 0 atom stereocenters. The Kier molecular flexibility index (Phi) is 3.60. The number of ether oxygens (including phenoxy) is 2. The zero-order valence-corrected chi connectivity index (χ0v) is 8.29. The highest BCUT2D eigenvalue weighted by molar-refractivity contribution is 6.01. The van der Waals surface area contributed by atoms with Gasteiger partial charge in [-0.15, -0.1) is 0 Å². The predicted octanol–water partition coefficient (Wildman–Crippen LogP) is 2.15. The number of methoxy groups -OCH3 is 2. The third-order valence-electron chi connectivity index (χ3n) is 1.87. The maximum Gasteiger partial charge on any atom is 0.300 e. The molecule has 1 rings (SSSR count). The summed E-state index contributed by atoms with van der Waals surface area (Å²) >= 11 is 0. The number of carbonyl (C=O) groups excluding carboxylic acids is 1. The SMILES string of the molecule is COc1ccc(OC)c(C(=O)C(F)F)c1. The van der Waals surface area contributed by atoms with Gasteiger partial charge in [0.25, 0.3) is 0 Å². The molecule has 0 aliphatic carbocycles. The summed E-state index contributed by atoms with van der Waals surface area (Å²) in [5.41, 5.74) is -0.174. The molecule has 3 nitrogen and oxygen atoms in total. The van der Waals surface area contributed by atoms with Crippen LogP contribution in [0.15, 0.2) is 18.2 Å². The van der Waals surface area contributed by atoms with Crippen LogP contribution < -0.4 is 9.47 Å². The van der Waals surface area contributed by atoms with E-state index in [1.165, 1.54) is 32.4 Å². The summed E-state index contributed by atoms with van der Waals surface area (Å²) < 4.78 is 34.1. The molecule has 0 fully saturated rings. The summed E-state index contributed by atoms with van der Waals surface area (Å²) in [6.07, 6.45) is -3.05. The fourth-order valence-electron chi connectivity index (χ4n) is 1.12. The normalized spacial score (nSPS) is 10.2. The maximum atomic E-state index is 12.2. The molecule has 0 unspecified atom stereocenters. The zero-order valence-electron chi connectivity index (χ0n) is 8.29. The first-order chi connectivity index (χ1) is 7.10. The van der Waals surface area contributed by atoms with Gasteiger partial charge in [0.05, 0.1) is 19.8 Å². The van der Waals surface area contributed by atoms with E-state index in [-0.39, 0.29) is 11.3 Å². The van der Waals surface area contributed by atoms with Crippen LogP contribution in [0.1, 0.15) is 10.4 Å². The van der Waals surface area contributed by atoms with Gasteiger partial charge >= 0.3 is 6.43 Å². The van der Waals surface area contributed by atoms with Gasteiger partial charge in [0.15, 0.2) is 0 Å². The van der Waals surface area contributed by atoms with Gasteiger partial charge in [-0.1, -0.05) is 0 Å². The van der Waals surface area contributed by atoms with E-state index in [2.05, 4.69) is 0 Å². The summed E-state index contributed by atoms with van der Waals surface area (Å²) in [7, 11) is 2.70. The van der Waals surface area contributed by atoms with Gasteiger partial charge in [-0.2, -0.15) is 0 Å². The molecule has 82 valence electrons. The van der Waals surface area contributed by atoms with Gasteiger partial charge in [0.2, 0.25) is 5.78 Å². The minimum absolute atomic E-state index is 0.112. The van der Waals surface area contributed by atoms with E-state index in [0.29, 0.717) is 5.75 Å². The Bertz CT molecular complexity index is 364. The van der Waals surface area contributed by atoms with Crippen molar-refractivity contribution >= 4 is 5.78 Å². The Labute approximate surface area is 85.6 Å². The highest BCUT2D eigenvalue weighted by Crippen LogP contribution is 2.25. The molecule has 0 amide bonds. The van der Waals surface area contributed by atoms with Gasteiger partial charge in [0.1, 0.15) is 11.5 Å². The number of carbonyl (C=O) groups is 1. The lowest BCUT2D eigenvalue weighted by atomic mass is 10.1. The van der Waals surface area contributed by atoms with Crippen molar-refractivity contribution in [2.24, 2.45) is 0 Å². The lowest BCUT2D eigenvalue weighted by Crippen LogP contribution is -2.11. The summed E-state index contributed by atoms with van der Waals surface area (Å²) in [6, 6.07) is 4.17. The van der Waals surface area contributed by atoms with Gasteiger partial charge in [-0.25, -0.2) is 8.78 Å². The predicted molar refractivity (Wildman–Crippen MR) is 49.9 cm³/mol. The van der Waals surface area contributed by atoms with E-state index in [0.717, 1.165) is 0 Å². The van der Waals surface area contributed by atoms with Crippen molar-refractivity contribution < 1.29 is 23.0 Å². The van der Waals surface area contributed by atoms with Crippen molar-refractivity contribution in [3.63, 3.8) is 0 Å². The Morgan fingerprint density at radius 1 is 1.27 bits per heavy atom. The molecule has 0 aliphatic rings. The van der Waals surface area contributed by atoms with Gasteiger partial charge in [0, 0.05) is 0 Å². The molecule has 1 aromatic carbocycles. The Balaban J connectivity index is 3.17. The number of Topliss-reactive ketones (excluding diaryl/α,β-unsaturated/α-hetero) is 1. The van der Waals surface area contributed by atoms with Crippen LogP contribution in [0.25, 0.3) is 0 Å². The molecule has 0 aliphatic heterocycles. The Morgan fingerprint density at radius 3 is 2.40 bits per heavy atom. The van der Waals surface area contributed by atoms with Crippen LogP contribution in [0.2, 0.25) is 0 Å². The van der Waals surface area contributed by atoms with Crippen molar-refractivity contribution in [2.75, 3.05) is 14.2 Å². The zero-order chi connectivity index (χ0) is 11.4. The molecule has 5 heteroatoms. The fourth-order valence-corrected chi connectivity index (χ4v) is 1.12. The van der Waals surface area contributed by atoms with E-state index >= 15 is 0 Å². The standard InChI is InChI=1S/C10H10F2O3/c1-14-6-3-4-8(15-2)7(5-6)9(13)10(11)12/h3-5,10H,1-2H3. The summed E-state index contributed by atoms with van der Waals surface area (Å²) in [5.74, 6) is -0.827. The van der Waals surface area contributed by atoms with Gasteiger partial charge in [-0.3, -0.25) is 4.79 Å². The monoisotopic (exact) mass is 216 g/mol. The van der Waals surface area contributed by atoms with E-state index < -0.39 is 12.2 Å². The molecule has 0 saturated heterocycles. The van der Waals surface area contributed by atoms with E-state index in [9.17, 15) is 13.6 Å². The van der Waals surface area contributed by atoms with Crippen LogP contribution in [0, 0.1) is 0 Å². The first-order valence-electron chi connectivity index (χ1n) is 4.14. The molecule has 0 radical (unpaired) electrons. The number of halogens is 2. The van der Waals surface area contributed by atoms with Gasteiger partial charge in [-0.05, 0) is 18.2 Å².